The Morgan fingerprint density at radius 3 is 2.84 bits per heavy atom. The zero-order valence-corrected chi connectivity index (χ0v) is 11.3. The highest BCUT2D eigenvalue weighted by molar-refractivity contribution is 6.14. The molecule has 3 aliphatic rings. The third-order valence-electron chi connectivity index (χ3n) is 5.14. The fourth-order valence-corrected chi connectivity index (χ4v) is 4.20. The summed E-state index contributed by atoms with van der Waals surface area (Å²) in [6.45, 7) is 2.34. The molecule has 1 aromatic rings. The van der Waals surface area contributed by atoms with Crippen LogP contribution in [0.5, 0.6) is 0 Å². The van der Waals surface area contributed by atoms with E-state index in [1.54, 1.807) is 0 Å². The first-order valence-corrected chi connectivity index (χ1v) is 7.25. The lowest BCUT2D eigenvalue weighted by molar-refractivity contribution is 0.0959. The molecule has 2 atom stereocenters. The third-order valence-corrected chi connectivity index (χ3v) is 5.14. The van der Waals surface area contributed by atoms with Gasteiger partial charge in [0.15, 0.2) is 5.78 Å². The number of carbonyl (C=O) groups is 1. The summed E-state index contributed by atoms with van der Waals surface area (Å²) in [4.78, 5) is 12.6. The van der Waals surface area contributed by atoms with Gasteiger partial charge in [-0.2, -0.15) is 0 Å². The number of fused-ring (bicyclic) bond motifs is 4. The molecule has 0 heterocycles. The molecule has 19 heavy (non-hydrogen) atoms. The molecule has 1 fully saturated rings. The van der Waals surface area contributed by atoms with Crippen molar-refractivity contribution >= 4 is 11.4 Å². The van der Waals surface area contributed by atoms with Crippen LogP contribution in [0.4, 0.5) is 0 Å². The highest BCUT2D eigenvalue weighted by atomic mass is 16.1. The summed E-state index contributed by atoms with van der Waals surface area (Å²) >= 11 is 0. The van der Waals surface area contributed by atoms with E-state index in [1.807, 2.05) is 12.1 Å². The smallest absolute Gasteiger partial charge is 0.171 e. The summed E-state index contributed by atoms with van der Waals surface area (Å²) < 4.78 is 0. The number of ketones is 1. The van der Waals surface area contributed by atoms with Crippen molar-refractivity contribution in [1.82, 2.24) is 0 Å². The summed E-state index contributed by atoms with van der Waals surface area (Å²) in [5.74, 6) is 0.419. The normalized spacial score (nSPS) is 32.1. The van der Waals surface area contributed by atoms with Gasteiger partial charge in [-0.1, -0.05) is 48.9 Å². The van der Waals surface area contributed by atoms with Gasteiger partial charge in [0.25, 0.3) is 0 Å². The van der Waals surface area contributed by atoms with Gasteiger partial charge in [0.05, 0.1) is 5.92 Å². The Balaban J connectivity index is 2.03. The second-order valence-corrected chi connectivity index (χ2v) is 6.26. The molecule has 96 valence electrons. The summed E-state index contributed by atoms with van der Waals surface area (Å²) in [6.07, 6.45) is 9.12. The second kappa shape index (κ2) is 3.69. The molecular formula is C18H18O. The van der Waals surface area contributed by atoms with Gasteiger partial charge >= 0.3 is 0 Å². The number of hydrogen-bond acceptors (Lipinski definition) is 1. The van der Waals surface area contributed by atoms with Crippen LogP contribution in [0.15, 0.2) is 42.0 Å². The highest BCUT2D eigenvalue weighted by Crippen LogP contribution is 2.54. The highest BCUT2D eigenvalue weighted by Gasteiger charge is 2.43. The van der Waals surface area contributed by atoms with E-state index < -0.39 is 0 Å². The predicted molar refractivity (Wildman–Crippen MR) is 76.9 cm³/mol. The Morgan fingerprint density at radius 1 is 1.21 bits per heavy atom. The molecule has 0 N–H and O–H groups in total. The van der Waals surface area contributed by atoms with Gasteiger partial charge in [-0.3, -0.25) is 4.79 Å². The first-order chi connectivity index (χ1) is 9.21. The summed E-state index contributed by atoms with van der Waals surface area (Å²) in [6, 6.07) is 8.18. The minimum Gasteiger partial charge on any atom is -0.293 e. The SMILES string of the molecule is CC12C=CCC3C(=O)c4ccccc4C3=C1CCC2. The average Bonchev–Trinajstić information content (AvgIpc) is 2.86. The summed E-state index contributed by atoms with van der Waals surface area (Å²) in [7, 11) is 0. The minimum atomic E-state index is 0.0866. The topological polar surface area (TPSA) is 17.1 Å². The molecule has 1 saturated carbocycles. The van der Waals surface area contributed by atoms with Crippen molar-refractivity contribution < 1.29 is 4.79 Å². The Labute approximate surface area is 114 Å². The first kappa shape index (κ1) is 11.2. The predicted octanol–water partition coefficient (Wildman–Crippen LogP) is 4.40. The van der Waals surface area contributed by atoms with E-state index in [4.69, 9.17) is 0 Å². The molecule has 0 aromatic heterocycles. The number of Topliss-reactive ketones (excluding diaryl/α,β-unsaturated/α-hetero) is 1. The van der Waals surface area contributed by atoms with Crippen LogP contribution < -0.4 is 0 Å². The fraction of sp³-hybridized carbons (Fsp3) is 0.389. The molecule has 1 heteroatoms. The van der Waals surface area contributed by atoms with Gasteiger partial charge in [-0.05, 0) is 36.8 Å². The molecule has 2 unspecified atom stereocenters. The molecule has 0 aliphatic heterocycles. The van der Waals surface area contributed by atoms with E-state index in [9.17, 15) is 4.79 Å². The molecular weight excluding hydrogens is 232 g/mol. The van der Waals surface area contributed by atoms with Crippen LogP contribution in [0.2, 0.25) is 0 Å². The van der Waals surface area contributed by atoms with E-state index in [0.717, 1.165) is 18.4 Å². The van der Waals surface area contributed by atoms with E-state index >= 15 is 0 Å². The van der Waals surface area contributed by atoms with E-state index in [-0.39, 0.29) is 11.3 Å². The lowest BCUT2D eigenvalue weighted by Crippen LogP contribution is -2.12. The summed E-state index contributed by atoms with van der Waals surface area (Å²) in [5, 5.41) is 0. The van der Waals surface area contributed by atoms with E-state index in [2.05, 4.69) is 31.2 Å². The van der Waals surface area contributed by atoms with Crippen LogP contribution in [0.25, 0.3) is 5.57 Å². The van der Waals surface area contributed by atoms with Crippen molar-refractivity contribution in [3.8, 4) is 0 Å². The number of carbonyl (C=O) groups excluding carboxylic acids is 1. The van der Waals surface area contributed by atoms with Crippen molar-refractivity contribution in [2.45, 2.75) is 32.6 Å². The van der Waals surface area contributed by atoms with Crippen LogP contribution >= 0.6 is 0 Å². The third kappa shape index (κ3) is 1.39. The van der Waals surface area contributed by atoms with E-state index in [0.29, 0.717) is 5.78 Å². The molecule has 0 saturated heterocycles. The van der Waals surface area contributed by atoms with Gasteiger partial charge in [-0.25, -0.2) is 0 Å². The molecule has 3 aliphatic carbocycles. The Morgan fingerprint density at radius 2 is 2.00 bits per heavy atom. The first-order valence-electron chi connectivity index (χ1n) is 7.25. The maximum absolute atomic E-state index is 12.6. The van der Waals surface area contributed by atoms with Crippen LogP contribution in [0.3, 0.4) is 0 Å². The lowest BCUT2D eigenvalue weighted by Gasteiger charge is -2.23. The lowest BCUT2D eigenvalue weighted by atomic mass is 9.80. The molecule has 4 rings (SSSR count). The van der Waals surface area contributed by atoms with Gasteiger partial charge in [-0.15, -0.1) is 0 Å². The van der Waals surface area contributed by atoms with Crippen molar-refractivity contribution in [2.75, 3.05) is 0 Å². The van der Waals surface area contributed by atoms with Gasteiger partial charge in [0, 0.05) is 11.0 Å². The van der Waals surface area contributed by atoms with Crippen molar-refractivity contribution in [3.05, 3.63) is 53.1 Å². The summed E-state index contributed by atoms with van der Waals surface area (Å²) in [5.41, 5.74) is 5.25. The van der Waals surface area contributed by atoms with Crippen LogP contribution in [-0.2, 0) is 0 Å². The van der Waals surface area contributed by atoms with Crippen molar-refractivity contribution in [1.29, 1.82) is 0 Å². The standard InChI is InChI=1S/C18H18O/c1-18-10-4-8-14-16(15(18)9-5-11-18)12-6-2-3-7-13(12)17(14)19/h2-4,6-7,10,14H,5,8-9,11H2,1H3. The number of rotatable bonds is 0. The van der Waals surface area contributed by atoms with Crippen LogP contribution in [0.1, 0.15) is 48.5 Å². The quantitative estimate of drug-likeness (QED) is 0.624. The zero-order chi connectivity index (χ0) is 13.0. The van der Waals surface area contributed by atoms with E-state index in [1.165, 1.54) is 29.6 Å². The van der Waals surface area contributed by atoms with Gasteiger partial charge in [0.2, 0.25) is 0 Å². The minimum absolute atomic E-state index is 0.0866. The molecule has 1 nitrogen and oxygen atoms in total. The van der Waals surface area contributed by atoms with Gasteiger partial charge < -0.3 is 0 Å². The monoisotopic (exact) mass is 250 g/mol. The van der Waals surface area contributed by atoms with Gasteiger partial charge in [0.1, 0.15) is 0 Å². The number of benzene rings is 1. The number of hydrogen-bond donors (Lipinski definition) is 0. The maximum atomic E-state index is 12.6. The Kier molecular flexibility index (Phi) is 2.18. The Bertz CT molecular complexity index is 635. The fourth-order valence-electron chi connectivity index (χ4n) is 4.20. The maximum Gasteiger partial charge on any atom is 0.171 e. The van der Waals surface area contributed by atoms with Crippen LogP contribution in [0, 0.1) is 11.3 Å². The number of allylic oxidation sites excluding steroid dienone is 4. The average molecular weight is 250 g/mol. The molecule has 0 radical (unpaired) electrons. The molecule has 0 bridgehead atoms. The van der Waals surface area contributed by atoms with Crippen molar-refractivity contribution in [2.24, 2.45) is 11.3 Å². The zero-order valence-electron chi connectivity index (χ0n) is 11.3. The Hall–Kier alpha value is -1.63. The largest absolute Gasteiger partial charge is 0.293 e. The molecule has 0 amide bonds. The second-order valence-electron chi connectivity index (χ2n) is 6.26. The molecule has 1 aromatic carbocycles. The van der Waals surface area contributed by atoms with Crippen molar-refractivity contribution in [3.63, 3.8) is 0 Å². The molecule has 0 spiro atoms. The van der Waals surface area contributed by atoms with Crippen LogP contribution in [-0.4, -0.2) is 5.78 Å².